The Morgan fingerprint density at radius 1 is 1.21 bits per heavy atom. The number of nitrogens with zero attached hydrogens (tertiary/aromatic N) is 2. The number of para-hydroxylation sites is 2. The Kier molecular flexibility index (Phi) is 6.29. The summed E-state index contributed by atoms with van der Waals surface area (Å²) in [6, 6.07) is 13.3. The first-order chi connectivity index (χ1) is 13.6. The number of amides is 1. The number of ether oxygens (including phenoxy) is 3. The Morgan fingerprint density at radius 2 is 2.00 bits per heavy atom. The highest BCUT2D eigenvalue weighted by atomic mass is 16.5. The van der Waals surface area contributed by atoms with Gasteiger partial charge in [0.25, 0.3) is 5.91 Å². The van der Waals surface area contributed by atoms with Crippen molar-refractivity contribution in [2.45, 2.75) is 20.0 Å². The largest absolute Gasteiger partial charge is 0.493 e. The second-order valence-electron chi connectivity index (χ2n) is 6.73. The molecule has 0 N–H and O–H groups in total. The van der Waals surface area contributed by atoms with E-state index in [1.807, 2.05) is 25.1 Å². The topological polar surface area (TPSA) is 51.2 Å². The van der Waals surface area contributed by atoms with Gasteiger partial charge in [0.1, 0.15) is 11.9 Å². The molecule has 1 atom stereocenters. The van der Waals surface area contributed by atoms with Gasteiger partial charge in [-0.3, -0.25) is 4.79 Å². The average molecular weight is 384 g/mol. The summed E-state index contributed by atoms with van der Waals surface area (Å²) >= 11 is 0. The third-order valence-electron chi connectivity index (χ3n) is 4.84. The van der Waals surface area contributed by atoms with E-state index in [1.54, 1.807) is 37.3 Å². The molecular formula is C22H28N2O4. The fourth-order valence-electron chi connectivity index (χ4n) is 3.46. The van der Waals surface area contributed by atoms with Crippen LogP contribution in [-0.2, 0) is 0 Å². The average Bonchev–Trinajstić information content (AvgIpc) is 2.73. The lowest BCUT2D eigenvalue weighted by Gasteiger charge is -2.37. The highest BCUT2D eigenvalue weighted by Crippen LogP contribution is 2.33. The summed E-state index contributed by atoms with van der Waals surface area (Å²) in [4.78, 5) is 16.9. The minimum absolute atomic E-state index is 0.0770. The lowest BCUT2D eigenvalue weighted by molar-refractivity contribution is 0.0709. The van der Waals surface area contributed by atoms with Crippen LogP contribution < -0.4 is 19.1 Å². The molecule has 0 fully saturated rings. The summed E-state index contributed by atoms with van der Waals surface area (Å²) in [5, 5.41) is 0. The van der Waals surface area contributed by atoms with Crippen LogP contribution in [0.4, 0.5) is 5.69 Å². The molecule has 0 saturated heterocycles. The minimum Gasteiger partial charge on any atom is -0.493 e. The van der Waals surface area contributed by atoms with Gasteiger partial charge in [-0.15, -0.1) is 0 Å². The summed E-state index contributed by atoms with van der Waals surface area (Å²) in [5.41, 5.74) is 1.66. The summed E-state index contributed by atoms with van der Waals surface area (Å²) < 4.78 is 17.0. The van der Waals surface area contributed by atoms with Crippen molar-refractivity contribution in [1.29, 1.82) is 0 Å². The van der Waals surface area contributed by atoms with Gasteiger partial charge in [-0.1, -0.05) is 12.1 Å². The lowest BCUT2D eigenvalue weighted by atomic mass is 10.1. The number of benzene rings is 2. The SMILES string of the molecule is CCOc1ccc(C(=O)N(C)C[C@H]2CN(CC)c3ccccc3O2)cc1OC. The summed E-state index contributed by atoms with van der Waals surface area (Å²) in [7, 11) is 3.37. The molecule has 6 nitrogen and oxygen atoms in total. The molecule has 0 bridgehead atoms. The Labute approximate surface area is 166 Å². The molecule has 150 valence electrons. The van der Waals surface area contributed by atoms with Crippen LogP contribution in [0.25, 0.3) is 0 Å². The van der Waals surface area contributed by atoms with Gasteiger partial charge < -0.3 is 24.0 Å². The molecule has 0 aliphatic carbocycles. The van der Waals surface area contributed by atoms with Gasteiger partial charge in [0.15, 0.2) is 11.5 Å². The van der Waals surface area contributed by atoms with Crippen molar-refractivity contribution < 1.29 is 19.0 Å². The second-order valence-corrected chi connectivity index (χ2v) is 6.73. The van der Waals surface area contributed by atoms with E-state index >= 15 is 0 Å². The molecule has 2 aromatic rings. The summed E-state index contributed by atoms with van der Waals surface area (Å²) in [6.07, 6.45) is -0.0895. The molecule has 0 radical (unpaired) electrons. The molecule has 0 aromatic heterocycles. The van der Waals surface area contributed by atoms with Crippen molar-refractivity contribution >= 4 is 11.6 Å². The van der Waals surface area contributed by atoms with Gasteiger partial charge in [0.05, 0.1) is 32.5 Å². The van der Waals surface area contributed by atoms with Crippen LogP contribution in [0.3, 0.4) is 0 Å². The zero-order valence-electron chi connectivity index (χ0n) is 17.0. The molecule has 0 spiro atoms. The number of hydrogen-bond donors (Lipinski definition) is 0. The van der Waals surface area contributed by atoms with Crippen LogP contribution in [0, 0.1) is 0 Å². The number of carbonyl (C=O) groups is 1. The maximum absolute atomic E-state index is 12.9. The van der Waals surface area contributed by atoms with E-state index in [-0.39, 0.29) is 12.0 Å². The monoisotopic (exact) mass is 384 g/mol. The van der Waals surface area contributed by atoms with Crippen molar-refractivity contribution in [1.82, 2.24) is 4.90 Å². The lowest BCUT2D eigenvalue weighted by Crippen LogP contribution is -2.46. The van der Waals surface area contributed by atoms with Gasteiger partial charge in [0, 0.05) is 19.2 Å². The van der Waals surface area contributed by atoms with E-state index in [0.717, 1.165) is 24.5 Å². The highest BCUT2D eigenvalue weighted by molar-refractivity contribution is 5.94. The Bertz CT molecular complexity index is 824. The molecule has 0 saturated carbocycles. The van der Waals surface area contributed by atoms with E-state index < -0.39 is 0 Å². The summed E-state index contributed by atoms with van der Waals surface area (Å²) in [5.74, 6) is 1.98. The van der Waals surface area contributed by atoms with Gasteiger partial charge in [-0.25, -0.2) is 0 Å². The molecule has 2 aromatic carbocycles. The number of carbonyl (C=O) groups excluding carboxylic acids is 1. The highest BCUT2D eigenvalue weighted by Gasteiger charge is 2.27. The number of hydrogen-bond acceptors (Lipinski definition) is 5. The first kappa shape index (κ1) is 19.9. The van der Waals surface area contributed by atoms with Gasteiger partial charge in [0.2, 0.25) is 0 Å². The van der Waals surface area contributed by atoms with Gasteiger partial charge in [-0.2, -0.15) is 0 Å². The Hall–Kier alpha value is -2.89. The first-order valence-corrected chi connectivity index (χ1v) is 9.64. The number of methoxy groups -OCH3 is 1. The molecule has 3 rings (SSSR count). The van der Waals surface area contributed by atoms with E-state index in [1.165, 1.54) is 0 Å². The molecule has 28 heavy (non-hydrogen) atoms. The smallest absolute Gasteiger partial charge is 0.253 e. The maximum Gasteiger partial charge on any atom is 0.253 e. The fourth-order valence-corrected chi connectivity index (χ4v) is 3.46. The first-order valence-electron chi connectivity index (χ1n) is 9.64. The van der Waals surface area contributed by atoms with Crippen LogP contribution in [0.1, 0.15) is 24.2 Å². The van der Waals surface area contributed by atoms with E-state index in [9.17, 15) is 4.79 Å². The van der Waals surface area contributed by atoms with E-state index in [0.29, 0.717) is 30.2 Å². The molecule has 1 heterocycles. The molecule has 1 aliphatic heterocycles. The van der Waals surface area contributed by atoms with Crippen LogP contribution in [0.2, 0.25) is 0 Å². The predicted octanol–water partition coefficient (Wildman–Crippen LogP) is 3.45. The molecule has 1 aliphatic rings. The second kappa shape index (κ2) is 8.87. The molecule has 1 amide bonds. The van der Waals surface area contributed by atoms with Gasteiger partial charge >= 0.3 is 0 Å². The van der Waals surface area contributed by atoms with Crippen molar-refractivity contribution in [2.75, 3.05) is 45.3 Å². The van der Waals surface area contributed by atoms with Crippen molar-refractivity contribution in [3.63, 3.8) is 0 Å². The zero-order valence-corrected chi connectivity index (χ0v) is 17.0. The van der Waals surface area contributed by atoms with Crippen molar-refractivity contribution in [3.05, 3.63) is 48.0 Å². The number of likely N-dealkylation sites (N-methyl/N-ethyl adjacent to an activating group) is 2. The van der Waals surface area contributed by atoms with E-state index in [2.05, 4.69) is 17.9 Å². The molecule has 6 heteroatoms. The van der Waals surface area contributed by atoms with Crippen LogP contribution in [0.5, 0.6) is 17.2 Å². The minimum atomic E-state index is -0.0895. The molecular weight excluding hydrogens is 356 g/mol. The maximum atomic E-state index is 12.9. The number of fused-ring (bicyclic) bond motifs is 1. The van der Waals surface area contributed by atoms with Crippen molar-refractivity contribution in [3.8, 4) is 17.2 Å². The number of rotatable bonds is 7. The van der Waals surface area contributed by atoms with Crippen LogP contribution >= 0.6 is 0 Å². The zero-order chi connectivity index (χ0) is 20.1. The number of anilines is 1. The Morgan fingerprint density at radius 3 is 2.71 bits per heavy atom. The summed E-state index contributed by atoms with van der Waals surface area (Å²) in [6.45, 7) is 6.72. The van der Waals surface area contributed by atoms with Crippen LogP contribution in [-0.4, -0.2) is 57.3 Å². The van der Waals surface area contributed by atoms with Crippen LogP contribution in [0.15, 0.2) is 42.5 Å². The quantitative estimate of drug-likeness (QED) is 0.732. The Balaban J connectivity index is 1.71. The molecule has 0 unspecified atom stereocenters. The van der Waals surface area contributed by atoms with Gasteiger partial charge in [-0.05, 0) is 44.2 Å². The standard InChI is InChI=1S/C22H28N2O4/c1-5-24-15-17(28-19-10-8-7-9-18(19)24)14-23(3)22(25)16-11-12-20(27-6-2)21(13-16)26-4/h7-13,17H,5-6,14-15H2,1-4H3/t17-/m0/s1. The normalized spacial score (nSPS) is 15.4. The third kappa shape index (κ3) is 4.16. The predicted molar refractivity (Wildman–Crippen MR) is 110 cm³/mol. The van der Waals surface area contributed by atoms with Crippen molar-refractivity contribution in [2.24, 2.45) is 0 Å². The third-order valence-corrected chi connectivity index (χ3v) is 4.84. The van der Waals surface area contributed by atoms with E-state index in [4.69, 9.17) is 14.2 Å². The fraction of sp³-hybridized carbons (Fsp3) is 0.409.